The van der Waals surface area contributed by atoms with E-state index in [1.165, 1.54) is 0 Å². The number of aliphatic hydroxyl groups excluding tert-OH is 1. The van der Waals surface area contributed by atoms with Crippen LogP contribution < -0.4 is 11.1 Å². The molecular formula is C13H22N4O. The van der Waals surface area contributed by atoms with Crippen molar-refractivity contribution in [2.24, 2.45) is 5.41 Å². The number of nitrogens with zero attached hydrogens (tertiary/aromatic N) is 2. The molecule has 1 aromatic heterocycles. The number of anilines is 2. The summed E-state index contributed by atoms with van der Waals surface area (Å²) in [5.74, 6) is 2.03. The average molecular weight is 250 g/mol. The van der Waals surface area contributed by atoms with Gasteiger partial charge in [0.25, 0.3) is 0 Å². The van der Waals surface area contributed by atoms with Gasteiger partial charge in [0, 0.05) is 23.9 Å². The predicted molar refractivity (Wildman–Crippen MR) is 72.3 cm³/mol. The molecule has 18 heavy (non-hydrogen) atoms. The molecule has 5 heteroatoms. The van der Waals surface area contributed by atoms with E-state index in [9.17, 15) is 5.11 Å². The molecule has 0 saturated heterocycles. The number of hydrogen-bond donors (Lipinski definition) is 3. The Bertz CT molecular complexity index is 433. The van der Waals surface area contributed by atoms with Crippen molar-refractivity contribution in [1.29, 1.82) is 0 Å². The standard InChI is InChI=1S/C13H22N4O/c1-4-5-11-16-10(14)7-12(17-11)15-8-6-9(18)13(8,2)3/h7-9,18H,4-6H2,1-3H3,(H3,14,15,16,17). The van der Waals surface area contributed by atoms with E-state index in [1.807, 2.05) is 0 Å². The zero-order valence-corrected chi connectivity index (χ0v) is 11.3. The average Bonchev–Trinajstić information content (AvgIpc) is 2.28. The van der Waals surface area contributed by atoms with Crippen molar-refractivity contribution >= 4 is 11.6 Å². The van der Waals surface area contributed by atoms with Crippen molar-refractivity contribution < 1.29 is 5.11 Å². The van der Waals surface area contributed by atoms with E-state index in [1.54, 1.807) is 6.07 Å². The van der Waals surface area contributed by atoms with E-state index in [0.29, 0.717) is 5.82 Å². The summed E-state index contributed by atoms with van der Waals surface area (Å²) in [5.41, 5.74) is 5.66. The Morgan fingerprint density at radius 2 is 2.22 bits per heavy atom. The van der Waals surface area contributed by atoms with Crippen LogP contribution in [0.15, 0.2) is 6.07 Å². The minimum atomic E-state index is -0.246. The molecule has 100 valence electrons. The van der Waals surface area contributed by atoms with Crippen molar-refractivity contribution in [3.63, 3.8) is 0 Å². The van der Waals surface area contributed by atoms with Gasteiger partial charge in [0.05, 0.1) is 6.10 Å². The third kappa shape index (κ3) is 2.41. The number of aryl methyl sites for hydroxylation is 1. The zero-order chi connectivity index (χ0) is 13.3. The van der Waals surface area contributed by atoms with E-state index in [-0.39, 0.29) is 17.6 Å². The number of rotatable bonds is 4. The smallest absolute Gasteiger partial charge is 0.133 e. The third-order valence-corrected chi connectivity index (χ3v) is 3.80. The van der Waals surface area contributed by atoms with Gasteiger partial charge in [-0.1, -0.05) is 20.8 Å². The normalized spacial score (nSPS) is 25.6. The Hall–Kier alpha value is -1.36. The zero-order valence-electron chi connectivity index (χ0n) is 11.3. The lowest BCUT2D eigenvalue weighted by molar-refractivity contribution is -0.0511. The van der Waals surface area contributed by atoms with Crippen LogP contribution in [0.1, 0.15) is 39.4 Å². The fraction of sp³-hybridized carbons (Fsp3) is 0.692. The molecule has 0 aliphatic heterocycles. The lowest BCUT2D eigenvalue weighted by atomic mass is 9.64. The van der Waals surface area contributed by atoms with Crippen LogP contribution in [0.5, 0.6) is 0 Å². The molecule has 1 saturated carbocycles. The number of nitrogen functional groups attached to an aromatic ring is 1. The maximum atomic E-state index is 9.72. The molecule has 2 rings (SSSR count). The molecule has 1 heterocycles. The first-order valence-electron chi connectivity index (χ1n) is 6.51. The number of nitrogens with one attached hydrogen (secondary N) is 1. The summed E-state index contributed by atoms with van der Waals surface area (Å²) in [6.07, 6.45) is 2.33. The number of aromatic nitrogens is 2. The van der Waals surface area contributed by atoms with Gasteiger partial charge in [-0.05, 0) is 12.8 Å². The summed E-state index contributed by atoms with van der Waals surface area (Å²) in [6, 6.07) is 1.98. The second kappa shape index (κ2) is 4.72. The van der Waals surface area contributed by atoms with Gasteiger partial charge in [0.15, 0.2) is 0 Å². The first-order chi connectivity index (χ1) is 8.43. The van der Waals surface area contributed by atoms with Crippen LogP contribution in [0.25, 0.3) is 0 Å². The molecular weight excluding hydrogens is 228 g/mol. The van der Waals surface area contributed by atoms with Crippen molar-refractivity contribution in [1.82, 2.24) is 9.97 Å². The maximum Gasteiger partial charge on any atom is 0.133 e. The van der Waals surface area contributed by atoms with Gasteiger partial charge in [-0.3, -0.25) is 0 Å². The molecule has 0 aromatic carbocycles. The summed E-state index contributed by atoms with van der Waals surface area (Å²) >= 11 is 0. The van der Waals surface area contributed by atoms with Crippen LogP contribution in [0.2, 0.25) is 0 Å². The van der Waals surface area contributed by atoms with Crippen molar-refractivity contribution in [2.75, 3.05) is 11.1 Å². The van der Waals surface area contributed by atoms with Crippen LogP contribution in [0.4, 0.5) is 11.6 Å². The third-order valence-electron chi connectivity index (χ3n) is 3.80. The summed E-state index contributed by atoms with van der Waals surface area (Å²) < 4.78 is 0. The van der Waals surface area contributed by atoms with Gasteiger partial charge in [0.2, 0.25) is 0 Å². The molecule has 4 N–H and O–H groups in total. The molecule has 2 unspecified atom stereocenters. The molecule has 0 spiro atoms. The van der Waals surface area contributed by atoms with Crippen LogP contribution in [-0.2, 0) is 6.42 Å². The van der Waals surface area contributed by atoms with Crippen LogP contribution in [0.3, 0.4) is 0 Å². The molecule has 0 amide bonds. The summed E-state index contributed by atoms with van der Waals surface area (Å²) in [4.78, 5) is 8.66. The Labute approximate surface area is 108 Å². The van der Waals surface area contributed by atoms with Crippen LogP contribution >= 0.6 is 0 Å². The van der Waals surface area contributed by atoms with Crippen LogP contribution in [0, 0.1) is 5.41 Å². The molecule has 1 fully saturated rings. The minimum Gasteiger partial charge on any atom is -0.392 e. The molecule has 0 radical (unpaired) electrons. The fourth-order valence-corrected chi connectivity index (χ4v) is 2.25. The van der Waals surface area contributed by atoms with Gasteiger partial charge in [-0.15, -0.1) is 0 Å². The summed E-state index contributed by atoms with van der Waals surface area (Å²) in [6.45, 7) is 6.19. The lowest BCUT2D eigenvalue weighted by Crippen LogP contribution is -2.57. The Morgan fingerprint density at radius 3 is 2.78 bits per heavy atom. The van der Waals surface area contributed by atoms with Gasteiger partial charge in [0.1, 0.15) is 17.5 Å². The molecule has 2 atom stereocenters. The van der Waals surface area contributed by atoms with Crippen molar-refractivity contribution in [2.45, 2.75) is 52.2 Å². The maximum absolute atomic E-state index is 9.72. The van der Waals surface area contributed by atoms with E-state index < -0.39 is 0 Å². The van der Waals surface area contributed by atoms with E-state index in [0.717, 1.165) is 30.9 Å². The molecule has 1 aliphatic rings. The van der Waals surface area contributed by atoms with Gasteiger partial charge in [-0.25, -0.2) is 9.97 Å². The lowest BCUT2D eigenvalue weighted by Gasteiger charge is -2.49. The second-order valence-electron chi connectivity index (χ2n) is 5.61. The second-order valence-corrected chi connectivity index (χ2v) is 5.61. The minimum absolute atomic E-state index is 0.120. The van der Waals surface area contributed by atoms with Crippen molar-refractivity contribution in [3.8, 4) is 0 Å². The Balaban J connectivity index is 2.10. The highest BCUT2D eigenvalue weighted by molar-refractivity contribution is 5.46. The monoisotopic (exact) mass is 250 g/mol. The topological polar surface area (TPSA) is 84.1 Å². The Kier molecular flexibility index (Phi) is 3.43. The van der Waals surface area contributed by atoms with E-state index >= 15 is 0 Å². The molecule has 0 bridgehead atoms. The van der Waals surface area contributed by atoms with Crippen molar-refractivity contribution in [3.05, 3.63) is 11.9 Å². The first-order valence-corrected chi connectivity index (χ1v) is 6.51. The quantitative estimate of drug-likeness (QED) is 0.755. The highest BCUT2D eigenvalue weighted by Crippen LogP contribution is 2.42. The van der Waals surface area contributed by atoms with Gasteiger partial charge in [-0.2, -0.15) is 0 Å². The van der Waals surface area contributed by atoms with E-state index in [2.05, 4.69) is 36.1 Å². The molecule has 5 nitrogen and oxygen atoms in total. The van der Waals surface area contributed by atoms with E-state index in [4.69, 9.17) is 5.73 Å². The first kappa shape index (κ1) is 13.1. The summed E-state index contributed by atoms with van der Waals surface area (Å²) in [7, 11) is 0. The predicted octanol–water partition coefficient (Wildman–Crippen LogP) is 1.58. The van der Waals surface area contributed by atoms with Crippen LogP contribution in [-0.4, -0.2) is 27.2 Å². The molecule has 1 aliphatic carbocycles. The SMILES string of the molecule is CCCc1nc(N)cc(NC2CC(O)C2(C)C)n1. The number of hydrogen-bond acceptors (Lipinski definition) is 5. The fourth-order valence-electron chi connectivity index (χ4n) is 2.25. The highest BCUT2D eigenvalue weighted by Gasteiger charge is 2.47. The Morgan fingerprint density at radius 1 is 1.50 bits per heavy atom. The molecule has 1 aromatic rings. The largest absolute Gasteiger partial charge is 0.392 e. The highest BCUT2D eigenvalue weighted by atomic mass is 16.3. The summed E-state index contributed by atoms with van der Waals surface area (Å²) in [5, 5.41) is 13.1. The van der Waals surface area contributed by atoms with Gasteiger partial charge < -0.3 is 16.2 Å². The van der Waals surface area contributed by atoms with Gasteiger partial charge >= 0.3 is 0 Å². The number of nitrogens with two attached hydrogens (primary N) is 1. The number of aliphatic hydroxyl groups is 1.